The summed E-state index contributed by atoms with van der Waals surface area (Å²) in [6.07, 6.45) is 87.5. The molecule has 6 nitrogen and oxygen atoms in total. The zero-order valence-corrected chi connectivity index (χ0v) is 54.8. The van der Waals surface area contributed by atoms with Gasteiger partial charge in [-0.05, 0) is 51.4 Å². The van der Waals surface area contributed by atoms with Gasteiger partial charge in [0.2, 0.25) is 0 Å². The summed E-state index contributed by atoms with van der Waals surface area (Å²) in [7, 11) is 0. The molecule has 0 radical (unpaired) electrons. The highest BCUT2D eigenvalue weighted by atomic mass is 16.6. The van der Waals surface area contributed by atoms with E-state index in [1.165, 1.54) is 283 Å². The number of unbranched alkanes of at least 4 members (excludes halogenated alkanes) is 51. The second-order valence-electron chi connectivity index (χ2n) is 24.8. The molecule has 0 fully saturated rings. The maximum absolute atomic E-state index is 13.0. The molecule has 0 aliphatic rings. The molecule has 0 saturated carbocycles. The first-order valence-electron chi connectivity index (χ1n) is 36.5. The molecule has 0 aromatic rings. The van der Waals surface area contributed by atoms with E-state index in [1.54, 1.807) is 0 Å². The Morgan fingerprint density at radius 1 is 0.259 bits per heavy atom. The average Bonchev–Trinajstić information content (AvgIpc) is 3.47. The number of allylic oxidation sites excluding steroid dienone is 6. The summed E-state index contributed by atoms with van der Waals surface area (Å²) >= 11 is 0. The molecule has 1 atom stereocenters. The van der Waals surface area contributed by atoms with Gasteiger partial charge in [0.05, 0.1) is 0 Å². The minimum absolute atomic E-state index is 0.0691. The van der Waals surface area contributed by atoms with Gasteiger partial charge in [-0.15, -0.1) is 0 Å². The summed E-state index contributed by atoms with van der Waals surface area (Å²) in [5.41, 5.74) is 0. The van der Waals surface area contributed by atoms with Gasteiger partial charge in [-0.2, -0.15) is 0 Å². The van der Waals surface area contributed by atoms with Crippen molar-refractivity contribution in [1.29, 1.82) is 0 Å². The van der Waals surface area contributed by atoms with Crippen LogP contribution in [0.15, 0.2) is 36.5 Å². The highest BCUT2D eigenvalue weighted by Gasteiger charge is 2.19. The van der Waals surface area contributed by atoms with E-state index < -0.39 is 6.10 Å². The van der Waals surface area contributed by atoms with Crippen molar-refractivity contribution >= 4 is 17.9 Å². The summed E-state index contributed by atoms with van der Waals surface area (Å²) in [4.78, 5) is 38.5. The second kappa shape index (κ2) is 70.1. The van der Waals surface area contributed by atoms with E-state index in [4.69, 9.17) is 14.2 Å². The lowest BCUT2D eigenvalue weighted by atomic mass is 10.0. The maximum atomic E-state index is 13.0. The maximum Gasteiger partial charge on any atom is 0.306 e. The van der Waals surface area contributed by atoms with Crippen LogP contribution in [0.4, 0.5) is 0 Å². The van der Waals surface area contributed by atoms with Gasteiger partial charge >= 0.3 is 17.9 Å². The van der Waals surface area contributed by atoms with Gasteiger partial charge in [0.25, 0.3) is 0 Å². The van der Waals surface area contributed by atoms with Crippen molar-refractivity contribution < 1.29 is 28.6 Å². The smallest absolute Gasteiger partial charge is 0.306 e. The Morgan fingerprint density at radius 2 is 0.481 bits per heavy atom. The molecule has 0 aliphatic heterocycles. The van der Waals surface area contributed by atoms with E-state index in [-0.39, 0.29) is 31.1 Å². The quantitative estimate of drug-likeness (QED) is 0.0261. The van der Waals surface area contributed by atoms with Crippen molar-refractivity contribution in [3.05, 3.63) is 36.5 Å². The number of ether oxygens (including phenoxy) is 3. The predicted octanol–water partition coefficient (Wildman–Crippen LogP) is 25.1. The fourth-order valence-electron chi connectivity index (χ4n) is 11.2. The zero-order chi connectivity index (χ0) is 58.5. The molecule has 0 amide bonds. The first-order chi connectivity index (χ1) is 40.0. The van der Waals surface area contributed by atoms with Crippen molar-refractivity contribution in [3.8, 4) is 0 Å². The van der Waals surface area contributed by atoms with Crippen LogP contribution in [-0.2, 0) is 28.6 Å². The first kappa shape index (κ1) is 78.6. The minimum atomic E-state index is -0.774. The molecule has 476 valence electrons. The molecule has 1 unspecified atom stereocenters. The SMILES string of the molecule is CC/C=C\C/C=C\C/C=C\CCCCCCCCCC(=O)OCC(COC(=O)CCCCCCCCCCCCCCCCCCCCCCCCCC)OC(=O)CCCCCCCCCCCCCCCCCCCCCCCC. The van der Waals surface area contributed by atoms with E-state index in [0.29, 0.717) is 19.3 Å². The number of esters is 3. The van der Waals surface area contributed by atoms with Crippen molar-refractivity contribution in [2.24, 2.45) is 0 Å². The molecule has 0 N–H and O–H groups in total. The van der Waals surface area contributed by atoms with Gasteiger partial charge in [-0.3, -0.25) is 14.4 Å². The third-order valence-corrected chi connectivity index (χ3v) is 16.7. The lowest BCUT2D eigenvalue weighted by molar-refractivity contribution is -0.167. The van der Waals surface area contributed by atoms with Crippen LogP contribution >= 0.6 is 0 Å². The number of hydrogen-bond donors (Lipinski definition) is 0. The van der Waals surface area contributed by atoms with Gasteiger partial charge in [0.15, 0.2) is 6.10 Å². The van der Waals surface area contributed by atoms with Crippen molar-refractivity contribution in [3.63, 3.8) is 0 Å². The summed E-state index contributed by atoms with van der Waals surface area (Å²) < 4.78 is 17.0. The molecule has 0 heterocycles. The third kappa shape index (κ3) is 68.3. The van der Waals surface area contributed by atoms with Gasteiger partial charge in [-0.1, -0.05) is 372 Å². The van der Waals surface area contributed by atoms with Crippen LogP contribution in [0, 0.1) is 0 Å². The Bertz CT molecular complexity index is 1350. The molecule has 0 aliphatic carbocycles. The van der Waals surface area contributed by atoms with Crippen LogP contribution in [0.2, 0.25) is 0 Å². The van der Waals surface area contributed by atoms with Gasteiger partial charge < -0.3 is 14.2 Å². The lowest BCUT2D eigenvalue weighted by Crippen LogP contribution is -2.30. The topological polar surface area (TPSA) is 78.9 Å². The number of hydrogen-bond acceptors (Lipinski definition) is 6. The number of rotatable bonds is 68. The van der Waals surface area contributed by atoms with Crippen LogP contribution in [0.3, 0.4) is 0 Å². The van der Waals surface area contributed by atoms with Crippen LogP contribution in [0.5, 0.6) is 0 Å². The van der Waals surface area contributed by atoms with E-state index in [0.717, 1.165) is 83.5 Å². The molecular formula is C75H140O6. The fraction of sp³-hybridized carbons (Fsp3) is 0.880. The highest BCUT2D eigenvalue weighted by molar-refractivity contribution is 5.71. The summed E-state index contributed by atoms with van der Waals surface area (Å²) in [6, 6.07) is 0. The predicted molar refractivity (Wildman–Crippen MR) is 353 cm³/mol. The second-order valence-corrected chi connectivity index (χ2v) is 24.8. The van der Waals surface area contributed by atoms with Gasteiger partial charge in [0, 0.05) is 19.3 Å². The van der Waals surface area contributed by atoms with E-state index in [9.17, 15) is 14.4 Å². The summed E-state index contributed by atoms with van der Waals surface area (Å²) in [5.74, 6) is -0.845. The molecule has 0 aromatic heterocycles. The molecule has 0 saturated heterocycles. The largest absolute Gasteiger partial charge is 0.462 e. The van der Waals surface area contributed by atoms with Gasteiger partial charge in [-0.25, -0.2) is 0 Å². The molecule has 0 bridgehead atoms. The van der Waals surface area contributed by atoms with Crippen molar-refractivity contribution in [2.45, 2.75) is 412 Å². The van der Waals surface area contributed by atoms with E-state index in [1.807, 2.05) is 0 Å². The summed E-state index contributed by atoms with van der Waals surface area (Å²) in [6.45, 7) is 6.61. The average molecular weight is 1140 g/mol. The molecule has 0 rings (SSSR count). The highest BCUT2D eigenvalue weighted by Crippen LogP contribution is 2.19. The standard InChI is InChI=1S/C75H140O6/c1-4-7-10-13-16-19-22-25-28-31-33-35-37-38-40-41-44-47-50-53-56-59-62-65-68-74(77)80-71-72(70-79-73(76)67-64-61-58-55-52-49-46-43-30-27-24-21-18-15-12-9-6-3)81-75(78)69-66-63-60-57-54-51-48-45-42-39-36-34-32-29-26-23-20-17-14-11-8-5-2/h9,12,18,21,27,30,72H,4-8,10-11,13-17,19-20,22-26,28-29,31-71H2,1-3H3/b12-9-,21-18-,30-27-. The van der Waals surface area contributed by atoms with Crippen molar-refractivity contribution in [1.82, 2.24) is 0 Å². The number of carbonyl (C=O) groups excluding carboxylic acids is 3. The fourth-order valence-corrected chi connectivity index (χ4v) is 11.2. The van der Waals surface area contributed by atoms with Crippen LogP contribution in [0.25, 0.3) is 0 Å². The van der Waals surface area contributed by atoms with Crippen LogP contribution < -0.4 is 0 Å². The monoisotopic (exact) mass is 1140 g/mol. The van der Waals surface area contributed by atoms with E-state index >= 15 is 0 Å². The summed E-state index contributed by atoms with van der Waals surface area (Å²) in [5, 5.41) is 0. The Balaban J connectivity index is 4.27. The van der Waals surface area contributed by atoms with Gasteiger partial charge in [0.1, 0.15) is 13.2 Å². The molecular weight excluding hydrogens is 997 g/mol. The lowest BCUT2D eigenvalue weighted by Gasteiger charge is -2.18. The Hall–Kier alpha value is -2.37. The molecule has 0 spiro atoms. The third-order valence-electron chi connectivity index (χ3n) is 16.7. The van der Waals surface area contributed by atoms with Crippen LogP contribution in [0.1, 0.15) is 406 Å². The normalized spacial score (nSPS) is 12.2. The molecule has 0 aromatic carbocycles. The number of carbonyl (C=O) groups is 3. The molecule has 6 heteroatoms. The van der Waals surface area contributed by atoms with Crippen molar-refractivity contribution in [2.75, 3.05) is 13.2 Å². The molecule has 81 heavy (non-hydrogen) atoms. The minimum Gasteiger partial charge on any atom is -0.462 e. The Labute approximate surface area is 506 Å². The van der Waals surface area contributed by atoms with E-state index in [2.05, 4.69) is 57.2 Å². The Morgan fingerprint density at radius 3 is 0.753 bits per heavy atom. The van der Waals surface area contributed by atoms with Crippen LogP contribution in [-0.4, -0.2) is 37.2 Å². The Kier molecular flexibility index (Phi) is 68.1. The first-order valence-corrected chi connectivity index (χ1v) is 36.5. The zero-order valence-electron chi connectivity index (χ0n) is 54.8.